The molecule has 47 heavy (non-hydrogen) atoms. The zero-order chi connectivity index (χ0) is 34.3. The molecule has 0 aliphatic heterocycles. The summed E-state index contributed by atoms with van der Waals surface area (Å²) in [6.07, 6.45) is 44.4. The molecule has 278 valence electrons. The predicted octanol–water partition coefficient (Wildman–Crippen LogP) is 12.9. The summed E-state index contributed by atoms with van der Waals surface area (Å²) in [6.45, 7) is 4.12. The van der Waals surface area contributed by atoms with Crippen LogP contribution in [0.5, 0.6) is 0 Å². The van der Waals surface area contributed by atoms with Crippen LogP contribution in [-0.4, -0.2) is 36.4 Å². The Morgan fingerprint density at radius 3 is 1.15 bits per heavy atom. The van der Waals surface area contributed by atoms with E-state index in [1.165, 1.54) is 161 Å². The second-order valence-electron chi connectivity index (χ2n) is 14.1. The summed E-state index contributed by atoms with van der Waals surface area (Å²) >= 11 is 0. The number of carbonyl (C=O) groups is 2. The molecule has 0 aromatic heterocycles. The van der Waals surface area contributed by atoms with Crippen molar-refractivity contribution in [2.45, 2.75) is 232 Å². The summed E-state index contributed by atoms with van der Waals surface area (Å²) in [4.78, 5) is 24.1. The molecule has 0 amide bonds. The molecule has 0 fully saturated rings. The summed E-state index contributed by atoms with van der Waals surface area (Å²) in [5, 5.41) is 9.52. The maximum absolute atomic E-state index is 12.1. The molecular weight excluding hydrogens is 584 g/mol. The number of carbonyl (C=O) groups excluding carboxylic acids is 2. The van der Waals surface area contributed by atoms with E-state index in [0.29, 0.717) is 12.8 Å². The molecule has 1 N–H and O–H groups in total. The molecule has 1 atom stereocenters. The van der Waals surface area contributed by atoms with E-state index >= 15 is 0 Å². The first-order chi connectivity index (χ1) is 23.1. The van der Waals surface area contributed by atoms with Gasteiger partial charge in [0.2, 0.25) is 0 Å². The first kappa shape index (κ1) is 45.6. The average Bonchev–Trinajstić information content (AvgIpc) is 3.07. The minimum atomic E-state index is -0.763. The highest BCUT2D eigenvalue weighted by molar-refractivity contribution is 5.70. The Balaban J connectivity index is 3.43. The van der Waals surface area contributed by atoms with Crippen LogP contribution in [0.2, 0.25) is 0 Å². The molecule has 0 saturated heterocycles. The van der Waals surface area contributed by atoms with Crippen molar-refractivity contribution in [3.63, 3.8) is 0 Å². The molecule has 1 unspecified atom stereocenters. The third-order valence-corrected chi connectivity index (χ3v) is 9.31. The monoisotopic (exact) mass is 665 g/mol. The van der Waals surface area contributed by atoms with Crippen molar-refractivity contribution < 1.29 is 24.2 Å². The van der Waals surface area contributed by atoms with E-state index in [1.54, 1.807) is 0 Å². The van der Waals surface area contributed by atoms with Crippen LogP contribution in [0, 0.1) is 0 Å². The second kappa shape index (κ2) is 39.1. The van der Waals surface area contributed by atoms with E-state index in [0.717, 1.165) is 38.5 Å². The highest BCUT2D eigenvalue weighted by Crippen LogP contribution is 2.15. The lowest BCUT2D eigenvalue weighted by Crippen LogP contribution is -2.28. The fourth-order valence-corrected chi connectivity index (χ4v) is 6.14. The Hall–Kier alpha value is -1.36. The topological polar surface area (TPSA) is 72.8 Å². The Labute approximate surface area is 292 Å². The van der Waals surface area contributed by atoms with Gasteiger partial charge >= 0.3 is 11.9 Å². The Kier molecular flexibility index (Phi) is 38.0. The smallest absolute Gasteiger partial charge is 0.306 e. The van der Waals surface area contributed by atoms with Crippen molar-refractivity contribution in [1.29, 1.82) is 0 Å². The van der Waals surface area contributed by atoms with Crippen LogP contribution < -0.4 is 0 Å². The standard InChI is InChI=1S/C42H80O5/c1-3-5-7-9-11-13-14-15-16-17-18-19-20-21-22-23-24-25-26-27-28-29-31-33-35-37-42(45)47-40(38-43)39-46-41(44)36-34-32-30-12-10-8-6-4-2/h17-18,40,43H,3-16,19-39H2,1-2H3/b18-17-. The molecule has 0 aromatic carbocycles. The molecule has 5 heteroatoms. The first-order valence-electron chi connectivity index (χ1n) is 20.7. The van der Waals surface area contributed by atoms with E-state index < -0.39 is 6.10 Å². The van der Waals surface area contributed by atoms with Crippen LogP contribution in [0.4, 0.5) is 0 Å². The van der Waals surface area contributed by atoms with Crippen LogP contribution >= 0.6 is 0 Å². The van der Waals surface area contributed by atoms with Crippen molar-refractivity contribution in [3.05, 3.63) is 12.2 Å². The van der Waals surface area contributed by atoms with E-state index in [4.69, 9.17) is 9.47 Å². The number of hydrogen-bond donors (Lipinski definition) is 1. The molecule has 0 bridgehead atoms. The van der Waals surface area contributed by atoms with Gasteiger partial charge in [-0.05, 0) is 38.5 Å². The largest absolute Gasteiger partial charge is 0.462 e. The third kappa shape index (κ3) is 37.3. The van der Waals surface area contributed by atoms with Gasteiger partial charge in [-0.25, -0.2) is 0 Å². The normalized spacial score (nSPS) is 12.1. The number of aliphatic hydroxyl groups excluding tert-OH is 1. The van der Waals surface area contributed by atoms with Gasteiger partial charge in [0, 0.05) is 12.8 Å². The maximum atomic E-state index is 12.1. The summed E-state index contributed by atoms with van der Waals surface area (Å²) < 4.78 is 10.6. The number of rotatable bonds is 38. The lowest BCUT2D eigenvalue weighted by molar-refractivity contribution is -0.161. The maximum Gasteiger partial charge on any atom is 0.306 e. The van der Waals surface area contributed by atoms with Gasteiger partial charge in [0.05, 0.1) is 6.61 Å². The first-order valence-corrected chi connectivity index (χ1v) is 20.7. The number of hydrogen-bond acceptors (Lipinski definition) is 5. The quantitative estimate of drug-likeness (QED) is 0.0404. The summed E-state index contributed by atoms with van der Waals surface area (Å²) in [7, 11) is 0. The van der Waals surface area contributed by atoms with Gasteiger partial charge in [-0.15, -0.1) is 0 Å². The Morgan fingerprint density at radius 2 is 0.787 bits per heavy atom. The van der Waals surface area contributed by atoms with Crippen molar-refractivity contribution in [2.24, 2.45) is 0 Å². The predicted molar refractivity (Wildman–Crippen MR) is 201 cm³/mol. The Bertz CT molecular complexity index is 676. The average molecular weight is 665 g/mol. The highest BCUT2D eigenvalue weighted by atomic mass is 16.6. The third-order valence-electron chi connectivity index (χ3n) is 9.31. The molecule has 0 aromatic rings. The van der Waals surface area contributed by atoms with Gasteiger partial charge in [-0.3, -0.25) is 9.59 Å². The molecule has 0 saturated carbocycles. The summed E-state index contributed by atoms with van der Waals surface area (Å²) in [5.74, 6) is -0.586. The van der Waals surface area contributed by atoms with E-state index in [-0.39, 0.29) is 25.2 Å². The van der Waals surface area contributed by atoms with Crippen LogP contribution in [-0.2, 0) is 19.1 Å². The summed E-state index contributed by atoms with van der Waals surface area (Å²) in [6, 6.07) is 0. The van der Waals surface area contributed by atoms with Crippen LogP contribution in [0.15, 0.2) is 12.2 Å². The minimum Gasteiger partial charge on any atom is -0.462 e. The molecule has 0 radical (unpaired) electrons. The zero-order valence-electron chi connectivity index (χ0n) is 31.6. The van der Waals surface area contributed by atoms with E-state index in [2.05, 4.69) is 26.0 Å². The van der Waals surface area contributed by atoms with Gasteiger partial charge < -0.3 is 14.6 Å². The van der Waals surface area contributed by atoms with Gasteiger partial charge in [0.1, 0.15) is 6.61 Å². The van der Waals surface area contributed by atoms with Gasteiger partial charge in [0.15, 0.2) is 6.10 Å². The number of allylic oxidation sites excluding steroid dienone is 2. The van der Waals surface area contributed by atoms with Crippen LogP contribution in [0.3, 0.4) is 0 Å². The molecule has 0 spiro atoms. The van der Waals surface area contributed by atoms with Crippen LogP contribution in [0.25, 0.3) is 0 Å². The van der Waals surface area contributed by atoms with Gasteiger partial charge in [-0.1, -0.05) is 187 Å². The van der Waals surface area contributed by atoms with Crippen molar-refractivity contribution in [1.82, 2.24) is 0 Å². The molecule has 0 aliphatic rings. The molecule has 0 aliphatic carbocycles. The number of unbranched alkanes of at least 4 members (excludes halogenated alkanes) is 28. The minimum absolute atomic E-state index is 0.0604. The highest BCUT2D eigenvalue weighted by Gasteiger charge is 2.16. The fourth-order valence-electron chi connectivity index (χ4n) is 6.14. The van der Waals surface area contributed by atoms with Crippen molar-refractivity contribution >= 4 is 11.9 Å². The van der Waals surface area contributed by atoms with Crippen LogP contribution in [0.1, 0.15) is 226 Å². The lowest BCUT2D eigenvalue weighted by Gasteiger charge is -2.15. The molecule has 0 heterocycles. The van der Waals surface area contributed by atoms with Gasteiger partial charge in [-0.2, -0.15) is 0 Å². The van der Waals surface area contributed by atoms with E-state index in [1.807, 2.05) is 0 Å². The molecule has 0 rings (SSSR count). The lowest BCUT2D eigenvalue weighted by atomic mass is 10.0. The number of ether oxygens (including phenoxy) is 2. The van der Waals surface area contributed by atoms with Crippen molar-refractivity contribution in [3.8, 4) is 0 Å². The fraction of sp³-hybridized carbons (Fsp3) is 0.905. The zero-order valence-corrected chi connectivity index (χ0v) is 31.6. The van der Waals surface area contributed by atoms with E-state index in [9.17, 15) is 14.7 Å². The number of esters is 2. The van der Waals surface area contributed by atoms with Gasteiger partial charge in [0.25, 0.3) is 0 Å². The molecular formula is C42H80O5. The molecule has 5 nitrogen and oxygen atoms in total. The number of aliphatic hydroxyl groups is 1. The summed E-state index contributed by atoms with van der Waals surface area (Å²) in [5.41, 5.74) is 0. The van der Waals surface area contributed by atoms with Crippen molar-refractivity contribution in [2.75, 3.05) is 13.2 Å². The second-order valence-corrected chi connectivity index (χ2v) is 14.1. The Morgan fingerprint density at radius 1 is 0.468 bits per heavy atom. The SMILES string of the molecule is CCCCCCCCCC/C=C\CCCCCCCCCCCCCCCC(=O)OC(CO)COC(=O)CCCCCCCCCC.